The lowest BCUT2D eigenvalue weighted by molar-refractivity contribution is 0.589. The number of halogens is 1. The van der Waals surface area contributed by atoms with Crippen molar-refractivity contribution < 1.29 is 0 Å². The predicted molar refractivity (Wildman–Crippen MR) is 73.2 cm³/mol. The molecule has 0 heterocycles. The quantitative estimate of drug-likeness (QED) is 0.601. The highest BCUT2D eigenvalue weighted by molar-refractivity contribution is 6.31. The highest BCUT2D eigenvalue weighted by Crippen LogP contribution is 2.28. The first kappa shape index (κ1) is 14.1. The number of nitriles is 1. The third-order valence-corrected chi connectivity index (χ3v) is 3.38. The lowest BCUT2D eigenvalue weighted by Gasteiger charge is -2.10. The molecule has 0 aliphatic carbocycles. The van der Waals surface area contributed by atoms with Gasteiger partial charge in [0.15, 0.2) is 0 Å². The van der Waals surface area contributed by atoms with E-state index in [4.69, 9.17) is 11.6 Å². The molecule has 0 N–H and O–H groups in total. The molecule has 0 spiro atoms. The molecule has 1 aromatic carbocycles. The molecule has 0 unspecified atom stereocenters. The smallest absolute Gasteiger partial charge is 0.0727 e. The molecule has 0 aliphatic heterocycles. The minimum absolute atomic E-state index is 0.0506. The zero-order chi connectivity index (χ0) is 12.5. The first-order valence-electron chi connectivity index (χ1n) is 6.43. The molecule has 0 saturated carbocycles. The Morgan fingerprint density at radius 3 is 2.53 bits per heavy atom. The third-order valence-electron chi connectivity index (χ3n) is 3.03. The highest BCUT2D eigenvalue weighted by atomic mass is 35.5. The predicted octanol–water partition coefficient (Wildman–Crippen LogP) is 5.31. The van der Waals surface area contributed by atoms with Gasteiger partial charge in [-0.1, -0.05) is 68.8 Å². The van der Waals surface area contributed by atoms with E-state index in [-0.39, 0.29) is 5.92 Å². The topological polar surface area (TPSA) is 23.8 Å². The van der Waals surface area contributed by atoms with Crippen LogP contribution in [0.2, 0.25) is 5.02 Å². The summed E-state index contributed by atoms with van der Waals surface area (Å²) in [5.41, 5.74) is 0.979. The van der Waals surface area contributed by atoms with Crippen molar-refractivity contribution in [2.24, 2.45) is 0 Å². The third kappa shape index (κ3) is 4.79. The van der Waals surface area contributed by atoms with Crippen LogP contribution in [-0.2, 0) is 0 Å². The molecule has 0 amide bonds. The van der Waals surface area contributed by atoms with Crippen molar-refractivity contribution in [3.63, 3.8) is 0 Å². The molecule has 2 heteroatoms. The van der Waals surface area contributed by atoms with Crippen molar-refractivity contribution in [3.05, 3.63) is 34.9 Å². The Morgan fingerprint density at radius 2 is 1.88 bits per heavy atom. The number of rotatable bonds is 7. The first-order valence-corrected chi connectivity index (χ1v) is 6.81. The summed E-state index contributed by atoms with van der Waals surface area (Å²) in [7, 11) is 0. The molecule has 0 bridgehead atoms. The molecule has 1 atom stereocenters. The lowest BCUT2D eigenvalue weighted by Crippen LogP contribution is -1.97. The monoisotopic (exact) mass is 249 g/mol. The largest absolute Gasteiger partial charge is 0.198 e. The molecule has 0 fully saturated rings. The standard InChI is InChI=1S/C15H20ClN/c1-2-3-4-5-6-9-13(12-17)14-10-7-8-11-15(14)16/h7-8,10-11,13H,2-6,9H2,1H3/t13-/m0/s1. The Hall–Kier alpha value is -1.00. The van der Waals surface area contributed by atoms with Crippen LogP contribution in [0.3, 0.4) is 0 Å². The van der Waals surface area contributed by atoms with Gasteiger partial charge in [-0.3, -0.25) is 0 Å². The summed E-state index contributed by atoms with van der Waals surface area (Å²) in [6.45, 7) is 2.21. The maximum absolute atomic E-state index is 9.20. The summed E-state index contributed by atoms with van der Waals surface area (Å²) >= 11 is 6.11. The fourth-order valence-electron chi connectivity index (χ4n) is 2.00. The summed E-state index contributed by atoms with van der Waals surface area (Å²) in [6, 6.07) is 10.0. The number of nitrogens with zero attached hydrogens (tertiary/aromatic N) is 1. The molecule has 1 rings (SSSR count). The fraction of sp³-hybridized carbons (Fsp3) is 0.533. The Bertz CT molecular complexity index is 367. The van der Waals surface area contributed by atoms with E-state index in [2.05, 4.69) is 13.0 Å². The summed E-state index contributed by atoms with van der Waals surface area (Å²) in [4.78, 5) is 0. The average Bonchev–Trinajstić information content (AvgIpc) is 2.35. The van der Waals surface area contributed by atoms with Gasteiger partial charge in [0, 0.05) is 5.02 Å². The second kappa shape index (κ2) is 8.14. The molecule has 17 heavy (non-hydrogen) atoms. The molecule has 0 aromatic heterocycles. The van der Waals surface area contributed by atoms with Crippen LogP contribution in [0, 0.1) is 11.3 Å². The highest BCUT2D eigenvalue weighted by Gasteiger charge is 2.12. The van der Waals surface area contributed by atoms with Crippen molar-refractivity contribution in [3.8, 4) is 6.07 Å². The van der Waals surface area contributed by atoms with Crippen molar-refractivity contribution in [2.75, 3.05) is 0 Å². The summed E-state index contributed by atoms with van der Waals surface area (Å²) in [6.07, 6.45) is 7.08. The first-order chi connectivity index (χ1) is 8.29. The Labute approximate surface area is 109 Å². The number of unbranched alkanes of at least 4 members (excludes halogenated alkanes) is 4. The minimum atomic E-state index is -0.0506. The van der Waals surface area contributed by atoms with Crippen LogP contribution >= 0.6 is 11.6 Å². The fourth-order valence-corrected chi connectivity index (χ4v) is 2.27. The van der Waals surface area contributed by atoms with E-state index in [9.17, 15) is 5.26 Å². The van der Waals surface area contributed by atoms with Crippen LogP contribution < -0.4 is 0 Å². The zero-order valence-electron chi connectivity index (χ0n) is 10.5. The molecule has 92 valence electrons. The molecule has 0 aliphatic rings. The molecule has 1 nitrogen and oxygen atoms in total. The molecule has 0 radical (unpaired) electrons. The van der Waals surface area contributed by atoms with Gasteiger partial charge in [-0.2, -0.15) is 5.26 Å². The zero-order valence-corrected chi connectivity index (χ0v) is 11.2. The SMILES string of the molecule is CCCCCCC[C@@H](C#N)c1ccccc1Cl. The van der Waals surface area contributed by atoms with Crippen LogP contribution in [0.4, 0.5) is 0 Å². The van der Waals surface area contributed by atoms with Crippen LogP contribution in [0.5, 0.6) is 0 Å². The van der Waals surface area contributed by atoms with Crippen LogP contribution in [0.25, 0.3) is 0 Å². The van der Waals surface area contributed by atoms with E-state index >= 15 is 0 Å². The van der Waals surface area contributed by atoms with Gasteiger partial charge in [0.1, 0.15) is 0 Å². The maximum Gasteiger partial charge on any atom is 0.0727 e. The van der Waals surface area contributed by atoms with Gasteiger partial charge in [-0.15, -0.1) is 0 Å². The second-order valence-electron chi connectivity index (χ2n) is 4.41. The van der Waals surface area contributed by atoms with E-state index in [0.29, 0.717) is 5.02 Å². The average molecular weight is 250 g/mol. The van der Waals surface area contributed by atoms with Crippen molar-refractivity contribution in [2.45, 2.75) is 51.4 Å². The lowest BCUT2D eigenvalue weighted by atomic mass is 9.94. The Morgan fingerprint density at radius 1 is 1.18 bits per heavy atom. The van der Waals surface area contributed by atoms with E-state index < -0.39 is 0 Å². The van der Waals surface area contributed by atoms with E-state index in [1.807, 2.05) is 24.3 Å². The van der Waals surface area contributed by atoms with E-state index in [1.54, 1.807) is 0 Å². The van der Waals surface area contributed by atoms with E-state index in [1.165, 1.54) is 25.7 Å². The van der Waals surface area contributed by atoms with Gasteiger partial charge in [0.2, 0.25) is 0 Å². The number of hydrogen-bond donors (Lipinski definition) is 0. The number of hydrogen-bond acceptors (Lipinski definition) is 1. The molecule has 0 saturated heterocycles. The molecular weight excluding hydrogens is 230 g/mol. The van der Waals surface area contributed by atoms with E-state index in [0.717, 1.165) is 18.4 Å². The van der Waals surface area contributed by atoms with Crippen molar-refractivity contribution >= 4 is 11.6 Å². The van der Waals surface area contributed by atoms with Crippen LogP contribution in [0.15, 0.2) is 24.3 Å². The van der Waals surface area contributed by atoms with Gasteiger partial charge < -0.3 is 0 Å². The van der Waals surface area contributed by atoms with Crippen LogP contribution in [-0.4, -0.2) is 0 Å². The second-order valence-corrected chi connectivity index (χ2v) is 4.81. The maximum atomic E-state index is 9.20. The van der Waals surface area contributed by atoms with Crippen molar-refractivity contribution in [1.29, 1.82) is 5.26 Å². The normalized spacial score (nSPS) is 12.1. The molecule has 1 aromatic rings. The van der Waals surface area contributed by atoms with Gasteiger partial charge in [0.05, 0.1) is 12.0 Å². The van der Waals surface area contributed by atoms with Gasteiger partial charge in [-0.05, 0) is 18.1 Å². The van der Waals surface area contributed by atoms with Crippen LogP contribution in [0.1, 0.15) is 56.9 Å². The Kier molecular flexibility index (Phi) is 6.74. The minimum Gasteiger partial charge on any atom is -0.198 e. The molecular formula is C15H20ClN. The van der Waals surface area contributed by atoms with Crippen molar-refractivity contribution in [1.82, 2.24) is 0 Å². The Balaban J connectivity index is 2.45. The summed E-state index contributed by atoms with van der Waals surface area (Å²) in [5, 5.41) is 9.91. The van der Waals surface area contributed by atoms with Gasteiger partial charge in [0.25, 0.3) is 0 Å². The van der Waals surface area contributed by atoms with Gasteiger partial charge >= 0.3 is 0 Å². The van der Waals surface area contributed by atoms with Gasteiger partial charge in [-0.25, -0.2) is 0 Å². The summed E-state index contributed by atoms with van der Waals surface area (Å²) in [5.74, 6) is -0.0506. The number of benzene rings is 1. The summed E-state index contributed by atoms with van der Waals surface area (Å²) < 4.78 is 0.